The van der Waals surface area contributed by atoms with E-state index in [4.69, 9.17) is 4.74 Å². The lowest BCUT2D eigenvalue weighted by Crippen LogP contribution is -2.40. The zero-order valence-electron chi connectivity index (χ0n) is 16.8. The van der Waals surface area contributed by atoms with E-state index in [1.165, 1.54) is 34.3 Å². The molecule has 3 rings (SSSR count). The van der Waals surface area contributed by atoms with Crippen LogP contribution in [0.3, 0.4) is 0 Å². The molecule has 1 saturated heterocycles. The number of hydrogen-bond donors (Lipinski definition) is 1. The maximum absolute atomic E-state index is 12.8. The summed E-state index contributed by atoms with van der Waals surface area (Å²) in [6, 6.07) is 7.55. The molecule has 11 heteroatoms. The molecule has 1 aliphatic heterocycles. The number of rotatable bonds is 7. The van der Waals surface area contributed by atoms with Gasteiger partial charge in [-0.25, -0.2) is 8.42 Å². The van der Waals surface area contributed by atoms with Crippen molar-refractivity contribution in [1.82, 2.24) is 13.9 Å². The fourth-order valence-corrected chi connectivity index (χ4v) is 5.28. The number of aryl methyl sites for hydroxylation is 1. The normalized spacial score (nSPS) is 16.2. The van der Waals surface area contributed by atoms with Gasteiger partial charge in [0, 0.05) is 37.6 Å². The average Bonchev–Trinajstić information content (AvgIpc) is 2.74. The highest BCUT2D eigenvalue weighted by molar-refractivity contribution is 8.00. The molecular weight excluding hydrogens is 428 g/mol. The molecular formula is C19H24N4O5S2. The van der Waals surface area contributed by atoms with Gasteiger partial charge in [0.1, 0.15) is 0 Å². The van der Waals surface area contributed by atoms with Crippen molar-refractivity contribution in [3.8, 4) is 0 Å². The zero-order chi connectivity index (χ0) is 21.7. The largest absolute Gasteiger partial charge is 0.379 e. The Kier molecular flexibility index (Phi) is 7.29. The Bertz CT molecular complexity index is 1060. The maximum atomic E-state index is 12.8. The van der Waals surface area contributed by atoms with Crippen LogP contribution in [0.5, 0.6) is 0 Å². The molecule has 0 bridgehead atoms. The number of aromatic nitrogens is 2. The van der Waals surface area contributed by atoms with Crippen LogP contribution in [0, 0.1) is 0 Å². The molecule has 30 heavy (non-hydrogen) atoms. The molecule has 0 spiro atoms. The molecule has 0 unspecified atom stereocenters. The zero-order valence-corrected chi connectivity index (χ0v) is 18.4. The smallest absolute Gasteiger partial charge is 0.273 e. The van der Waals surface area contributed by atoms with E-state index in [0.29, 0.717) is 43.7 Å². The van der Waals surface area contributed by atoms with Gasteiger partial charge in [-0.3, -0.25) is 9.59 Å². The summed E-state index contributed by atoms with van der Waals surface area (Å²) in [5.41, 5.74) is 0.0199. The lowest BCUT2D eigenvalue weighted by atomic mass is 10.3. The molecule has 9 nitrogen and oxygen atoms in total. The second kappa shape index (κ2) is 9.73. The second-order valence-corrected chi connectivity index (χ2v) is 9.87. The van der Waals surface area contributed by atoms with Crippen LogP contribution in [-0.2, 0) is 26.1 Å². The van der Waals surface area contributed by atoms with Gasteiger partial charge in [-0.05, 0) is 32.0 Å². The summed E-state index contributed by atoms with van der Waals surface area (Å²) in [5, 5.41) is 2.66. The van der Waals surface area contributed by atoms with E-state index in [2.05, 4.69) is 10.3 Å². The van der Waals surface area contributed by atoms with E-state index in [1.54, 1.807) is 29.8 Å². The number of carbonyl (C=O) groups excluding carboxylic acids is 1. The van der Waals surface area contributed by atoms with E-state index >= 15 is 0 Å². The fraction of sp³-hybridized carbons (Fsp3) is 0.421. The molecule has 0 aliphatic carbocycles. The van der Waals surface area contributed by atoms with E-state index in [9.17, 15) is 18.0 Å². The first-order chi connectivity index (χ1) is 14.3. The van der Waals surface area contributed by atoms with Crippen molar-refractivity contribution in [1.29, 1.82) is 0 Å². The van der Waals surface area contributed by atoms with Crippen LogP contribution in [0.2, 0.25) is 0 Å². The minimum atomic E-state index is -3.65. The average molecular weight is 453 g/mol. The lowest BCUT2D eigenvalue weighted by molar-refractivity contribution is -0.115. The molecule has 2 aromatic rings. The SMILES string of the molecule is CCn1ccc(=O)nc1S[C@@H](C)C(=O)Nc1cccc(S(=O)(=O)N2CCOCC2)c1. The summed E-state index contributed by atoms with van der Waals surface area (Å²) in [5.74, 6) is -0.318. The van der Waals surface area contributed by atoms with Gasteiger partial charge in [-0.15, -0.1) is 0 Å². The monoisotopic (exact) mass is 452 g/mol. The Balaban J connectivity index is 1.72. The van der Waals surface area contributed by atoms with Crippen LogP contribution in [0.4, 0.5) is 5.69 Å². The summed E-state index contributed by atoms with van der Waals surface area (Å²) in [6.07, 6.45) is 1.64. The van der Waals surface area contributed by atoms with Gasteiger partial charge < -0.3 is 14.6 Å². The van der Waals surface area contributed by atoms with Gasteiger partial charge in [0.15, 0.2) is 5.16 Å². The number of hydrogen-bond acceptors (Lipinski definition) is 7. The van der Waals surface area contributed by atoms with E-state index in [0.717, 1.165) is 0 Å². The number of benzene rings is 1. The van der Waals surface area contributed by atoms with Crippen molar-refractivity contribution in [3.05, 3.63) is 46.9 Å². The minimum Gasteiger partial charge on any atom is -0.379 e. The Morgan fingerprint density at radius 1 is 1.30 bits per heavy atom. The Hall–Kier alpha value is -2.21. The van der Waals surface area contributed by atoms with Crippen molar-refractivity contribution < 1.29 is 17.9 Å². The predicted octanol–water partition coefficient (Wildman–Crippen LogP) is 1.40. The molecule has 1 atom stereocenters. The van der Waals surface area contributed by atoms with Gasteiger partial charge in [0.2, 0.25) is 15.9 Å². The van der Waals surface area contributed by atoms with Crippen LogP contribution >= 0.6 is 11.8 Å². The van der Waals surface area contributed by atoms with Crippen molar-refractivity contribution in [2.45, 2.75) is 35.7 Å². The third-order valence-electron chi connectivity index (χ3n) is 4.55. The van der Waals surface area contributed by atoms with Gasteiger partial charge >= 0.3 is 0 Å². The summed E-state index contributed by atoms with van der Waals surface area (Å²) in [4.78, 5) is 28.3. The Labute approximate surface area is 179 Å². The van der Waals surface area contributed by atoms with Gasteiger partial charge in [-0.2, -0.15) is 9.29 Å². The minimum absolute atomic E-state index is 0.118. The molecule has 1 N–H and O–H groups in total. The number of morpholine rings is 1. The summed E-state index contributed by atoms with van der Waals surface area (Å²) in [6.45, 7) is 5.56. The highest BCUT2D eigenvalue weighted by atomic mass is 32.2. The quantitative estimate of drug-likeness (QED) is 0.499. The number of ether oxygens (including phenoxy) is 1. The lowest BCUT2D eigenvalue weighted by Gasteiger charge is -2.26. The van der Waals surface area contributed by atoms with Gasteiger partial charge in [0.25, 0.3) is 5.56 Å². The molecule has 1 amide bonds. The van der Waals surface area contributed by atoms with E-state index < -0.39 is 15.3 Å². The second-order valence-electron chi connectivity index (χ2n) is 6.63. The molecule has 1 fully saturated rings. The molecule has 1 aromatic heterocycles. The topological polar surface area (TPSA) is 111 Å². The number of anilines is 1. The van der Waals surface area contributed by atoms with Crippen molar-refractivity contribution in [2.75, 3.05) is 31.6 Å². The molecule has 1 aliphatic rings. The van der Waals surface area contributed by atoms with Gasteiger partial charge in [0.05, 0.1) is 23.4 Å². The first-order valence-electron chi connectivity index (χ1n) is 9.54. The number of nitrogens with zero attached hydrogens (tertiary/aromatic N) is 3. The van der Waals surface area contributed by atoms with Crippen molar-refractivity contribution in [2.24, 2.45) is 0 Å². The highest BCUT2D eigenvalue weighted by Crippen LogP contribution is 2.24. The van der Waals surface area contributed by atoms with Crippen molar-refractivity contribution in [3.63, 3.8) is 0 Å². The number of thioether (sulfide) groups is 1. The Morgan fingerprint density at radius 2 is 2.03 bits per heavy atom. The summed E-state index contributed by atoms with van der Waals surface area (Å²) in [7, 11) is -3.65. The number of sulfonamides is 1. The summed E-state index contributed by atoms with van der Waals surface area (Å²) < 4.78 is 34.0. The van der Waals surface area contributed by atoms with Crippen molar-refractivity contribution >= 4 is 33.4 Å². The Morgan fingerprint density at radius 3 is 2.73 bits per heavy atom. The summed E-state index contributed by atoms with van der Waals surface area (Å²) >= 11 is 1.17. The molecule has 162 valence electrons. The van der Waals surface area contributed by atoms with E-state index in [-0.39, 0.29) is 16.4 Å². The fourth-order valence-electron chi connectivity index (χ4n) is 2.87. The molecule has 0 saturated carbocycles. The number of carbonyl (C=O) groups is 1. The van der Waals surface area contributed by atoms with E-state index in [1.807, 2.05) is 6.92 Å². The van der Waals surface area contributed by atoms with Crippen LogP contribution in [0.25, 0.3) is 0 Å². The third-order valence-corrected chi connectivity index (χ3v) is 7.55. The van der Waals surface area contributed by atoms with Gasteiger partial charge in [-0.1, -0.05) is 17.8 Å². The standard InChI is InChI=1S/C19H24N4O5S2/c1-3-22-8-7-17(24)21-19(22)29-14(2)18(25)20-15-5-4-6-16(13-15)30(26,27)23-9-11-28-12-10-23/h4-8,13-14H,3,9-12H2,1-2H3,(H,20,25)/t14-/m0/s1. The number of nitrogens with one attached hydrogen (secondary N) is 1. The first-order valence-corrected chi connectivity index (χ1v) is 11.9. The highest BCUT2D eigenvalue weighted by Gasteiger charge is 2.26. The first kappa shape index (κ1) is 22.5. The molecule has 2 heterocycles. The predicted molar refractivity (Wildman–Crippen MR) is 114 cm³/mol. The molecule has 0 radical (unpaired) electrons. The van der Waals surface area contributed by atoms with Crippen LogP contribution in [0.15, 0.2) is 51.4 Å². The number of amides is 1. The van der Waals surface area contributed by atoms with Crippen LogP contribution in [-0.4, -0.2) is 59.7 Å². The maximum Gasteiger partial charge on any atom is 0.273 e. The van der Waals surface area contributed by atoms with Crippen LogP contribution in [0.1, 0.15) is 13.8 Å². The molecule has 1 aromatic carbocycles. The third kappa shape index (κ3) is 5.28. The van der Waals surface area contributed by atoms with Crippen LogP contribution < -0.4 is 10.9 Å².